The monoisotopic (exact) mass is 1240 g/mol. The first-order valence-electron chi connectivity index (χ1n) is 29.2. The summed E-state index contributed by atoms with van der Waals surface area (Å²) in [6, 6.07) is 19.9. The van der Waals surface area contributed by atoms with Gasteiger partial charge in [0.25, 0.3) is 0 Å². The minimum absolute atomic E-state index is 0. The standard InChI is InChI=1S/2C29H42N4O9.C2H4O.CH4/c2*1-2-38-21-25-22-41-15-11-32(19-23-5-3-7-26(30-23)28(34)35)9-13-39-17-18-40-14-10-33(12-16-42-25)20-24-6-4-8-27(31-24)29(36)37;1-2-3;/h2*3-8,25H,2,9-22H2,1H3,(H,34,35)(H,36,37);2H,1H3;1H4/t2*25-;;/m11../s1. The van der Waals surface area contributed by atoms with E-state index < -0.39 is 23.9 Å². The second-order valence-corrected chi connectivity index (χ2v) is 19.5. The van der Waals surface area contributed by atoms with Crippen LogP contribution in [0.4, 0.5) is 0 Å². The van der Waals surface area contributed by atoms with Crippen molar-refractivity contribution in [1.29, 1.82) is 0 Å². The molecule has 27 nitrogen and oxygen atoms in total. The van der Waals surface area contributed by atoms with E-state index in [0.29, 0.717) is 220 Å². The van der Waals surface area contributed by atoms with Crippen molar-refractivity contribution in [2.75, 3.05) is 171 Å². The highest BCUT2D eigenvalue weighted by molar-refractivity contribution is 5.86. The Labute approximate surface area is 516 Å². The maximum absolute atomic E-state index is 11.3. The lowest BCUT2D eigenvalue weighted by molar-refractivity contribution is -0.106. The van der Waals surface area contributed by atoms with E-state index in [1.807, 2.05) is 26.0 Å². The summed E-state index contributed by atoms with van der Waals surface area (Å²) in [7, 11) is 0. The molecule has 0 bridgehead atoms. The second kappa shape index (κ2) is 46.7. The third-order valence-corrected chi connectivity index (χ3v) is 12.8. The van der Waals surface area contributed by atoms with E-state index >= 15 is 0 Å². The van der Waals surface area contributed by atoms with Crippen LogP contribution in [0.1, 0.15) is 92.9 Å². The van der Waals surface area contributed by atoms with Crippen LogP contribution < -0.4 is 0 Å². The molecule has 0 aromatic carbocycles. The Morgan fingerprint density at radius 2 is 0.670 bits per heavy atom. The van der Waals surface area contributed by atoms with Gasteiger partial charge in [-0.05, 0) is 69.3 Å². The Balaban J connectivity index is 0.000000436. The summed E-state index contributed by atoms with van der Waals surface area (Å²) in [5.41, 5.74) is 2.68. The average Bonchev–Trinajstić information content (AvgIpc) is 3.72. The third kappa shape index (κ3) is 33.3. The normalized spacial score (nSPS) is 18.8. The highest BCUT2D eigenvalue weighted by Gasteiger charge is 2.19. The number of pyridine rings is 4. The number of aromatic nitrogens is 4. The van der Waals surface area contributed by atoms with E-state index in [2.05, 4.69) is 39.5 Å². The Morgan fingerprint density at radius 1 is 0.432 bits per heavy atom. The smallest absolute Gasteiger partial charge is 0.354 e. The summed E-state index contributed by atoms with van der Waals surface area (Å²) in [4.78, 5) is 79.6. The van der Waals surface area contributed by atoms with Crippen LogP contribution in [0.3, 0.4) is 0 Å². The average molecular weight is 1240 g/mol. The maximum Gasteiger partial charge on any atom is 0.354 e. The predicted molar refractivity (Wildman–Crippen MR) is 322 cm³/mol. The van der Waals surface area contributed by atoms with Crippen LogP contribution in [0.5, 0.6) is 0 Å². The van der Waals surface area contributed by atoms with Crippen molar-refractivity contribution in [3.8, 4) is 0 Å². The number of carboxylic acids is 4. The van der Waals surface area contributed by atoms with Gasteiger partial charge >= 0.3 is 23.9 Å². The van der Waals surface area contributed by atoms with Crippen LogP contribution in [-0.2, 0) is 78.3 Å². The van der Waals surface area contributed by atoms with E-state index in [-0.39, 0.29) is 42.4 Å². The molecule has 0 radical (unpaired) electrons. The lowest BCUT2D eigenvalue weighted by Gasteiger charge is -2.25. The summed E-state index contributed by atoms with van der Waals surface area (Å²) in [6.07, 6.45) is 0.224. The van der Waals surface area contributed by atoms with Crippen molar-refractivity contribution in [3.05, 3.63) is 118 Å². The van der Waals surface area contributed by atoms with Gasteiger partial charge in [-0.2, -0.15) is 0 Å². The molecule has 4 N–H and O–H groups in total. The number of ether oxygens (including phenoxy) is 10. The zero-order chi connectivity index (χ0) is 62.7. The zero-order valence-corrected chi connectivity index (χ0v) is 50.4. The lowest BCUT2D eigenvalue weighted by atomic mass is 10.3. The fourth-order valence-corrected chi connectivity index (χ4v) is 8.46. The molecule has 2 aliphatic rings. The molecule has 2 fully saturated rings. The number of carbonyl (C=O) groups excluding carboxylic acids is 1. The number of rotatable bonds is 18. The molecule has 490 valence electrons. The van der Waals surface area contributed by atoms with Crippen molar-refractivity contribution >= 4 is 30.2 Å². The van der Waals surface area contributed by atoms with Crippen LogP contribution in [0, 0.1) is 0 Å². The van der Waals surface area contributed by atoms with Gasteiger partial charge in [0.2, 0.25) is 0 Å². The minimum Gasteiger partial charge on any atom is -0.477 e. The lowest BCUT2D eigenvalue weighted by Crippen LogP contribution is -2.35. The molecule has 4 aromatic rings. The molecule has 27 heteroatoms. The number of aldehydes is 1. The topological polar surface area (TPSA) is 323 Å². The van der Waals surface area contributed by atoms with Crippen LogP contribution in [0.2, 0.25) is 0 Å². The fourth-order valence-electron chi connectivity index (χ4n) is 8.46. The van der Waals surface area contributed by atoms with Crippen molar-refractivity contribution in [2.24, 2.45) is 0 Å². The van der Waals surface area contributed by atoms with Crippen molar-refractivity contribution in [1.82, 2.24) is 39.5 Å². The largest absolute Gasteiger partial charge is 0.477 e. The van der Waals surface area contributed by atoms with Crippen molar-refractivity contribution < 1.29 is 91.8 Å². The fraction of sp³-hybridized carbons (Fsp3) is 0.590. The maximum atomic E-state index is 11.3. The van der Waals surface area contributed by atoms with Crippen LogP contribution in [0.15, 0.2) is 72.8 Å². The predicted octanol–water partition coefficient (Wildman–Crippen LogP) is 4.17. The third-order valence-electron chi connectivity index (χ3n) is 12.8. The van der Waals surface area contributed by atoms with Gasteiger partial charge in [-0.25, -0.2) is 39.1 Å². The SMILES string of the molecule is C.CC=O.CCOC[C@@H]1COCCN(Cc2cccc(C(=O)O)n2)CCOCCOCCN(Cc2cccc(C(=O)O)n2)CCO1.CCOC[C@@H]1COCCN(Cc2cccc(C(=O)O)n2)CCOCCOCCN(Cc2cccc(C(=O)O)n2)CCO1. The molecule has 6 heterocycles. The summed E-state index contributed by atoms with van der Waals surface area (Å²) in [5.74, 6) is -4.24. The van der Waals surface area contributed by atoms with Gasteiger partial charge in [-0.3, -0.25) is 19.6 Å². The first kappa shape index (κ1) is 75.8. The van der Waals surface area contributed by atoms with Crippen molar-refractivity contribution in [2.45, 2.75) is 66.6 Å². The molecule has 6 rings (SSSR count). The molecule has 4 aromatic heterocycles. The van der Waals surface area contributed by atoms with Crippen LogP contribution >= 0.6 is 0 Å². The number of nitrogens with zero attached hydrogens (tertiary/aromatic N) is 8. The Bertz CT molecular complexity index is 2410. The second-order valence-electron chi connectivity index (χ2n) is 19.5. The molecule has 2 atom stereocenters. The first-order chi connectivity index (χ1) is 42.3. The first-order valence-corrected chi connectivity index (χ1v) is 29.2. The summed E-state index contributed by atoms with van der Waals surface area (Å²) < 4.78 is 58.6. The molecular weight excluding hydrogens is 1150 g/mol. The van der Waals surface area contributed by atoms with Gasteiger partial charge in [0.1, 0.15) is 41.3 Å². The minimum atomic E-state index is -1.06. The van der Waals surface area contributed by atoms with E-state index in [4.69, 9.17) is 52.2 Å². The molecule has 0 saturated carbocycles. The van der Waals surface area contributed by atoms with E-state index in [9.17, 15) is 39.6 Å². The Hall–Kier alpha value is -6.41. The summed E-state index contributed by atoms with van der Waals surface area (Å²) in [6.45, 7) is 19.8. The highest BCUT2D eigenvalue weighted by atomic mass is 16.6. The molecule has 2 saturated heterocycles. The molecule has 0 unspecified atom stereocenters. The zero-order valence-electron chi connectivity index (χ0n) is 50.4. The van der Waals surface area contributed by atoms with E-state index in [1.54, 1.807) is 36.4 Å². The van der Waals surface area contributed by atoms with Gasteiger partial charge in [0.05, 0.1) is 128 Å². The molecule has 2 aliphatic heterocycles. The number of aromatic carboxylic acids is 4. The number of carbonyl (C=O) groups is 5. The van der Waals surface area contributed by atoms with Gasteiger partial charge in [-0.15, -0.1) is 0 Å². The van der Waals surface area contributed by atoms with Gasteiger partial charge < -0.3 is 72.6 Å². The summed E-state index contributed by atoms with van der Waals surface area (Å²) in [5, 5.41) is 37.1. The number of hydrogen-bond donors (Lipinski definition) is 4. The van der Waals surface area contributed by atoms with Gasteiger partial charge in [-0.1, -0.05) is 31.7 Å². The number of hydrogen-bond acceptors (Lipinski definition) is 23. The molecule has 88 heavy (non-hydrogen) atoms. The molecule has 0 spiro atoms. The Kier molecular flexibility index (Phi) is 40.2. The molecule has 0 amide bonds. The van der Waals surface area contributed by atoms with Crippen LogP contribution in [-0.4, -0.2) is 274 Å². The number of carboxylic acid groups (broad SMARTS) is 4. The molecule has 0 aliphatic carbocycles. The quantitative estimate of drug-likeness (QED) is 0.102. The van der Waals surface area contributed by atoms with Gasteiger partial charge in [0.15, 0.2) is 0 Å². The van der Waals surface area contributed by atoms with Gasteiger partial charge in [0, 0.05) is 91.8 Å². The van der Waals surface area contributed by atoms with Crippen molar-refractivity contribution in [3.63, 3.8) is 0 Å². The molecular formula is C61H92N8O19. The summed E-state index contributed by atoms with van der Waals surface area (Å²) >= 11 is 0. The highest BCUT2D eigenvalue weighted by Crippen LogP contribution is 2.11. The van der Waals surface area contributed by atoms with E-state index in [1.165, 1.54) is 31.2 Å². The Morgan fingerprint density at radius 3 is 0.909 bits per heavy atom. The van der Waals surface area contributed by atoms with Crippen LogP contribution in [0.25, 0.3) is 0 Å². The van der Waals surface area contributed by atoms with E-state index in [0.717, 1.165) is 6.29 Å².